The second kappa shape index (κ2) is 6.76. The monoisotopic (exact) mass is 248 g/mol. The smallest absolute Gasteiger partial charge is 0.119 e. The third-order valence-electron chi connectivity index (χ3n) is 3.45. The van der Waals surface area contributed by atoms with Crippen molar-refractivity contribution in [3.63, 3.8) is 0 Å². The number of likely N-dealkylation sites (tertiary alicyclic amines) is 1. The molecular weight excluding hydrogens is 224 g/mol. The van der Waals surface area contributed by atoms with Crippen LogP contribution in [-0.4, -0.2) is 37.7 Å². The van der Waals surface area contributed by atoms with E-state index in [1.807, 2.05) is 19.1 Å². The fourth-order valence-electron chi connectivity index (χ4n) is 2.47. The molecule has 2 rings (SSSR count). The fourth-order valence-corrected chi connectivity index (χ4v) is 2.47. The van der Waals surface area contributed by atoms with E-state index >= 15 is 0 Å². The summed E-state index contributed by atoms with van der Waals surface area (Å²) < 4.78 is 5.44. The zero-order valence-corrected chi connectivity index (χ0v) is 11.5. The van der Waals surface area contributed by atoms with Gasteiger partial charge >= 0.3 is 0 Å². The van der Waals surface area contributed by atoms with Crippen molar-refractivity contribution in [3.05, 3.63) is 29.8 Å². The molecule has 18 heavy (non-hydrogen) atoms. The van der Waals surface area contributed by atoms with Crippen LogP contribution in [0.4, 0.5) is 0 Å². The van der Waals surface area contributed by atoms with Gasteiger partial charge in [-0.3, -0.25) is 0 Å². The van der Waals surface area contributed by atoms with Gasteiger partial charge in [-0.25, -0.2) is 0 Å². The lowest BCUT2D eigenvalue weighted by molar-refractivity contribution is 0.226. The Kier molecular flexibility index (Phi) is 5.02. The average Bonchev–Trinajstić information content (AvgIpc) is 2.38. The summed E-state index contributed by atoms with van der Waals surface area (Å²) in [7, 11) is 2.20. The Morgan fingerprint density at radius 2 is 2.11 bits per heavy atom. The summed E-state index contributed by atoms with van der Waals surface area (Å²) in [6.07, 6.45) is 2.60. The van der Waals surface area contributed by atoms with Crippen LogP contribution in [0.15, 0.2) is 24.3 Å². The summed E-state index contributed by atoms with van der Waals surface area (Å²) in [4.78, 5) is 2.40. The van der Waals surface area contributed by atoms with Crippen LogP contribution in [0.5, 0.6) is 5.75 Å². The predicted octanol–water partition coefficient (Wildman–Crippen LogP) is 2.27. The van der Waals surface area contributed by atoms with Gasteiger partial charge < -0.3 is 15.0 Å². The minimum atomic E-state index is 0.635. The second-order valence-corrected chi connectivity index (χ2v) is 5.06. The molecule has 3 heteroatoms. The average molecular weight is 248 g/mol. The molecule has 0 bridgehead atoms. The molecule has 1 saturated heterocycles. The Morgan fingerprint density at radius 3 is 2.78 bits per heavy atom. The van der Waals surface area contributed by atoms with Gasteiger partial charge in [0.05, 0.1) is 6.61 Å². The molecule has 0 saturated carbocycles. The molecule has 1 fully saturated rings. The normalized spacial score (nSPS) is 20.9. The first kappa shape index (κ1) is 13.4. The van der Waals surface area contributed by atoms with Gasteiger partial charge in [0.2, 0.25) is 0 Å². The highest BCUT2D eigenvalue weighted by molar-refractivity contribution is 5.27. The lowest BCUT2D eigenvalue weighted by Gasteiger charge is -2.30. The van der Waals surface area contributed by atoms with E-state index in [-0.39, 0.29) is 0 Å². The number of nitrogens with zero attached hydrogens (tertiary/aromatic N) is 1. The first-order chi connectivity index (χ1) is 8.78. The minimum Gasteiger partial charge on any atom is -0.494 e. The van der Waals surface area contributed by atoms with Crippen LogP contribution in [0.25, 0.3) is 0 Å². The maximum absolute atomic E-state index is 5.44. The molecule has 1 aliphatic rings. The van der Waals surface area contributed by atoms with E-state index in [4.69, 9.17) is 4.74 Å². The van der Waals surface area contributed by atoms with Gasteiger partial charge in [0.1, 0.15) is 5.75 Å². The molecule has 1 unspecified atom stereocenters. The Labute approximate surface area is 110 Å². The number of hydrogen-bond acceptors (Lipinski definition) is 3. The number of piperidine rings is 1. The van der Waals surface area contributed by atoms with Gasteiger partial charge in [-0.15, -0.1) is 0 Å². The van der Waals surface area contributed by atoms with Crippen molar-refractivity contribution in [2.75, 3.05) is 26.7 Å². The van der Waals surface area contributed by atoms with Crippen molar-refractivity contribution in [2.45, 2.75) is 32.4 Å². The highest BCUT2D eigenvalue weighted by atomic mass is 16.5. The minimum absolute atomic E-state index is 0.635. The number of benzene rings is 1. The third-order valence-corrected chi connectivity index (χ3v) is 3.45. The molecule has 0 aromatic heterocycles. The topological polar surface area (TPSA) is 24.5 Å². The molecule has 1 aliphatic heterocycles. The zero-order chi connectivity index (χ0) is 12.8. The van der Waals surface area contributed by atoms with Gasteiger partial charge in [0.25, 0.3) is 0 Å². The van der Waals surface area contributed by atoms with E-state index in [2.05, 4.69) is 29.4 Å². The molecule has 100 valence electrons. The van der Waals surface area contributed by atoms with Crippen LogP contribution in [0, 0.1) is 0 Å². The largest absolute Gasteiger partial charge is 0.494 e. The van der Waals surface area contributed by atoms with Crippen molar-refractivity contribution in [1.82, 2.24) is 10.2 Å². The van der Waals surface area contributed by atoms with Gasteiger partial charge in [0, 0.05) is 19.1 Å². The van der Waals surface area contributed by atoms with E-state index in [1.165, 1.54) is 24.9 Å². The van der Waals surface area contributed by atoms with Crippen LogP contribution in [0.1, 0.15) is 25.3 Å². The summed E-state index contributed by atoms with van der Waals surface area (Å²) >= 11 is 0. The summed E-state index contributed by atoms with van der Waals surface area (Å²) in [5.41, 5.74) is 1.33. The SMILES string of the molecule is CCOc1ccc(CNC2CCCN(C)C2)cc1. The molecular formula is C15H24N2O. The van der Waals surface area contributed by atoms with Crippen LogP contribution in [0.3, 0.4) is 0 Å². The molecule has 1 heterocycles. The molecule has 0 aliphatic carbocycles. The quantitative estimate of drug-likeness (QED) is 0.865. The predicted molar refractivity (Wildman–Crippen MR) is 75.0 cm³/mol. The maximum atomic E-state index is 5.44. The number of rotatable bonds is 5. The van der Waals surface area contributed by atoms with Crippen molar-refractivity contribution in [1.29, 1.82) is 0 Å². The van der Waals surface area contributed by atoms with Gasteiger partial charge in [-0.05, 0) is 51.1 Å². The van der Waals surface area contributed by atoms with Gasteiger partial charge in [0.15, 0.2) is 0 Å². The lowest BCUT2D eigenvalue weighted by Crippen LogP contribution is -2.43. The molecule has 0 radical (unpaired) electrons. The van der Waals surface area contributed by atoms with Crippen LogP contribution >= 0.6 is 0 Å². The highest BCUT2D eigenvalue weighted by Crippen LogP contribution is 2.13. The van der Waals surface area contributed by atoms with E-state index in [0.29, 0.717) is 6.04 Å². The van der Waals surface area contributed by atoms with E-state index in [9.17, 15) is 0 Å². The zero-order valence-electron chi connectivity index (χ0n) is 11.5. The maximum Gasteiger partial charge on any atom is 0.119 e. The van der Waals surface area contributed by atoms with Crippen molar-refractivity contribution < 1.29 is 4.74 Å². The molecule has 0 amide bonds. The van der Waals surface area contributed by atoms with E-state index < -0.39 is 0 Å². The first-order valence-electron chi connectivity index (χ1n) is 6.91. The Morgan fingerprint density at radius 1 is 1.33 bits per heavy atom. The summed E-state index contributed by atoms with van der Waals surface area (Å²) in [5.74, 6) is 0.957. The highest BCUT2D eigenvalue weighted by Gasteiger charge is 2.15. The standard InChI is InChI=1S/C15H24N2O/c1-3-18-15-8-6-13(7-9-15)11-16-14-5-4-10-17(2)12-14/h6-9,14,16H,3-5,10-12H2,1-2H3. The Balaban J connectivity index is 1.78. The third kappa shape index (κ3) is 4.00. The van der Waals surface area contributed by atoms with Crippen LogP contribution in [-0.2, 0) is 6.54 Å². The van der Waals surface area contributed by atoms with Gasteiger partial charge in [-0.2, -0.15) is 0 Å². The number of hydrogen-bond donors (Lipinski definition) is 1. The van der Waals surface area contributed by atoms with Crippen molar-refractivity contribution in [3.8, 4) is 5.75 Å². The molecule has 1 atom stereocenters. The van der Waals surface area contributed by atoms with Crippen molar-refractivity contribution >= 4 is 0 Å². The van der Waals surface area contributed by atoms with Crippen LogP contribution < -0.4 is 10.1 Å². The molecule has 3 nitrogen and oxygen atoms in total. The second-order valence-electron chi connectivity index (χ2n) is 5.06. The summed E-state index contributed by atoms with van der Waals surface area (Å²) in [6, 6.07) is 9.02. The molecule has 1 N–H and O–H groups in total. The van der Waals surface area contributed by atoms with Gasteiger partial charge in [-0.1, -0.05) is 12.1 Å². The van der Waals surface area contributed by atoms with E-state index in [0.717, 1.165) is 25.4 Å². The van der Waals surface area contributed by atoms with E-state index in [1.54, 1.807) is 0 Å². The Hall–Kier alpha value is -1.06. The number of likely N-dealkylation sites (N-methyl/N-ethyl adjacent to an activating group) is 1. The molecule has 1 aromatic rings. The number of ether oxygens (including phenoxy) is 1. The van der Waals surface area contributed by atoms with Crippen molar-refractivity contribution in [2.24, 2.45) is 0 Å². The summed E-state index contributed by atoms with van der Waals surface area (Å²) in [6.45, 7) is 6.09. The molecule has 1 aromatic carbocycles. The van der Waals surface area contributed by atoms with Crippen LogP contribution in [0.2, 0.25) is 0 Å². The fraction of sp³-hybridized carbons (Fsp3) is 0.600. The first-order valence-corrected chi connectivity index (χ1v) is 6.91. The number of nitrogens with one attached hydrogen (secondary N) is 1. The lowest BCUT2D eigenvalue weighted by atomic mass is 10.1. The summed E-state index contributed by atoms with van der Waals surface area (Å²) in [5, 5.41) is 3.64. The molecule has 0 spiro atoms. The Bertz CT molecular complexity index is 350.